The molecule has 21 heavy (non-hydrogen) atoms. The van der Waals surface area contributed by atoms with Crippen molar-refractivity contribution >= 4 is 21.6 Å². The molecule has 0 aliphatic carbocycles. The van der Waals surface area contributed by atoms with Gasteiger partial charge in [-0.2, -0.15) is 0 Å². The minimum absolute atomic E-state index is 0.0584. The molecule has 6 heteroatoms. The molecule has 0 fully saturated rings. The highest BCUT2D eigenvalue weighted by Crippen LogP contribution is 2.33. The Balaban J connectivity index is 2.26. The number of rotatable bonds is 4. The van der Waals surface area contributed by atoms with Crippen molar-refractivity contribution in [3.63, 3.8) is 0 Å². The topological polar surface area (TPSA) is 78.4 Å². The van der Waals surface area contributed by atoms with E-state index in [9.17, 15) is 10.1 Å². The summed E-state index contributed by atoms with van der Waals surface area (Å²) >= 11 is 3.44. The van der Waals surface area contributed by atoms with Crippen LogP contribution < -0.4 is 10.5 Å². The Kier molecular flexibility index (Phi) is 4.59. The predicted molar refractivity (Wildman–Crippen MR) is 84.7 cm³/mol. The molecule has 2 aromatic carbocycles. The Labute approximate surface area is 131 Å². The SMILES string of the molecule is Cc1cc(Oc2ccc([C@@H](C)N)cc2Br)ccc1[N+](=O)[O-]. The third-order valence-corrected chi connectivity index (χ3v) is 3.69. The van der Waals surface area contributed by atoms with Crippen LogP contribution >= 0.6 is 15.9 Å². The van der Waals surface area contributed by atoms with Crippen molar-refractivity contribution in [3.05, 3.63) is 62.1 Å². The highest BCUT2D eigenvalue weighted by atomic mass is 79.9. The molecular weight excluding hydrogens is 336 g/mol. The van der Waals surface area contributed by atoms with Crippen LogP contribution in [0.5, 0.6) is 11.5 Å². The maximum atomic E-state index is 10.8. The van der Waals surface area contributed by atoms with E-state index in [1.165, 1.54) is 6.07 Å². The lowest BCUT2D eigenvalue weighted by atomic mass is 10.1. The molecule has 0 saturated carbocycles. The van der Waals surface area contributed by atoms with E-state index in [1.54, 1.807) is 19.1 Å². The zero-order chi connectivity index (χ0) is 15.6. The number of halogens is 1. The maximum Gasteiger partial charge on any atom is 0.272 e. The van der Waals surface area contributed by atoms with E-state index in [1.807, 2.05) is 25.1 Å². The molecule has 0 amide bonds. The first kappa shape index (κ1) is 15.5. The lowest BCUT2D eigenvalue weighted by molar-refractivity contribution is -0.385. The van der Waals surface area contributed by atoms with Crippen LogP contribution in [0.1, 0.15) is 24.1 Å². The second kappa shape index (κ2) is 6.24. The number of hydrogen-bond donors (Lipinski definition) is 1. The van der Waals surface area contributed by atoms with Crippen LogP contribution in [0.4, 0.5) is 5.69 Å². The van der Waals surface area contributed by atoms with Crippen LogP contribution in [-0.2, 0) is 0 Å². The summed E-state index contributed by atoms with van der Waals surface area (Å²) in [6, 6.07) is 10.2. The van der Waals surface area contributed by atoms with Crippen LogP contribution in [0.3, 0.4) is 0 Å². The standard InChI is InChI=1S/C15H15BrN2O3/c1-9-7-12(4-5-14(9)18(19)20)21-15-6-3-11(10(2)17)8-13(15)16/h3-8,10H,17H2,1-2H3/t10-/m1/s1. The summed E-state index contributed by atoms with van der Waals surface area (Å²) in [6.45, 7) is 3.58. The minimum atomic E-state index is -0.410. The predicted octanol–water partition coefficient (Wildman–Crippen LogP) is 4.48. The molecule has 0 aliphatic rings. The average Bonchev–Trinajstić information content (AvgIpc) is 2.40. The van der Waals surface area contributed by atoms with Crippen LogP contribution in [-0.4, -0.2) is 4.92 Å². The number of nitrogens with two attached hydrogens (primary N) is 1. The molecule has 1 atom stereocenters. The van der Waals surface area contributed by atoms with Crippen molar-refractivity contribution in [1.29, 1.82) is 0 Å². The highest BCUT2D eigenvalue weighted by molar-refractivity contribution is 9.10. The number of hydrogen-bond acceptors (Lipinski definition) is 4. The van der Waals surface area contributed by atoms with Crippen molar-refractivity contribution in [1.82, 2.24) is 0 Å². The number of ether oxygens (including phenoxy) is 1. The molecule has 110 valence electrons. The number of nitro benzene ring substituents is 1. The largest absolute Gasteiger partial charge is 0.456 e. The first-order valence-electron chi connectivity index (χ1n) is 6.36. The second-order valence-electron chi connectivity index (χ2n) is 4.79. The van der Waals surface area contributed by atoms with Crippen LogP contribution in [0.25, 0.3) is 0 Å². The molecule has 0 heterocycles. The van der Waals surface area contributed by atoms with E-state index in [2.05, 4.69) is 15.9 Å². The molecule has 0 aliphatic heterocycles. The fraction of sp³-hybridized carbons (Fsp3) is 0.200. The van der Waals surface area contributed by atoms with Gasteiger partial charge in [-0.15, -0.1) is 0 Å². The third kappa shape index (κ3) is 3.59. The molecule has 2 N–H and O–H groups in total. The van der Waals surface area contributed by atoms with Crippen molar-refractivity contribution in [2.75, 3.05) is 0 Å². The fourth-order valence-corrected chi connectivity index (χ4v) is 2.38. The molecule has 0 bridgehead atoms. The summed E-state index contributed by atoms with van der Waals surface area (Å²) in [4.78, 5) is 10.4. The highest BCUT2D eigenvalue weighted by Gasteiger charge is 2.12. The van der Waals surface area contributed by atoms with Gasteiger partial charge in [0.05, 0.1) is 9.40 Å². The summed E-state index contributed by atoms with van der Waals surface area (Å²) in [5, 5.41) is 10.8. The molecule has 5 nitrogen and oxygen atoms in total. The van der Waals surface area contributed by atoms with Gasteiger partial charge in [0.2, 0.25) is 0 Å². The smallest absolute Gasteiger partial charge is 0.272 e. The zero-order valence-corrected chi connectivity index (χ0v) is 13.3. The summed E-state index contributed by atoms with van der Waals surface area (Å²) in [5.74, 6) is 1.18. The Hall–Kier alpha value is -1.92. The van der Waals surface area contributed by atoms with Gasteiger partial charge in [-0.1, -0.05) is 6.07 Å². The van der Waals surface area contributed by atoms with Gasteiger partial charge in [0, 0.05) is 17.7 Å². The number of benzene rings is 2. The summed E-state index contributed by atoms with van der Waals surface area (Å²) in [6.07, 6.45) is 0. The van der Waals surface area contributed by atoms with Gasteiger partial charge >= 0.3 is 0 Å². The Bertz CT molecular complexity index is 687. The lowest BCUT2D eigenvalue weighted by Gasteiger charge is -2.11. The first-order valence-corrected chi connectivity index (χ1v) is 7.15. The number of nitrogens with zero attached hydrogens (tertiary/aromatic N) is 1. The van der Waals surface area contributed by atoms with Crippen molar-refractivity contribution in [2.45, 2.75) is 19.9 Å². The molecular formula is C15H15BrN2O3. The van der Waals surface area contributed by atoms with E-state index in [4.69, 9.17) is 10.5 Å². The van der Waals surface area contributed by atoms with Gasteiger partial charge in [-0.25, -0.2) is 0 Å². The van der Waals surface area contributed by atoms with Crippen molar-refractivity contribution < 1.29 is 9.66 Å². The summed E-state index contributed by atoms with van der Waals surface area (Å²) in [7, 11) is 0. The molecule has 2 rings (SSSR count). The van der Waals surface area contributed by atoms with E-state index in [-0.39, 0.29) is 11.7 Å². The normalized spacial score (nSPS) is 12.0. The lowest BCUT2D eigenvalue weighted by Crippen LogP contribution is -2.04. The molecule has 0 saturated heterocycles. The fourth-order valence-electron chi connectivity index (χ4n) is 1.91. The quantitative estimate of drug-likeness (QED) is 0.651. The van der Waals surface area contributed by atoms with Crippen LogP contribution in [0.15, 0.2) is 40.9 Å². The van der Waals surface area contributed by atoms with Gasteiger partial charge in [0.1, 0.15) is 11.5 Å². The molecule has 0 aromatic heterocycles. The summed E-state index contributed by atoms with van der Waals surface area (Å²) in [5.41, 5.74) is 7.45. The van der Waals surface area contributed by atoms with Gasteiger partial charge in [-0.3, -0.25) is 10.1 Å². The maximum absolute atomic E-state index is 10.8. The molecule has 2 aromatic rings. The van der Waals surface area contributed by atoms with Gasteiger partial charge in [-0.05, 0) is 59.6 Å². The van der Waals surface area contributed by atoms with Crippen molar-refractivity contribution in [3.8, 4) is 11.5 Å². The van der Waals surface area contributed by atoms with E-state index >= 15 is 0 Å². The third-order valence-electron chi connectivity index (χ3n) is 3.07. The minimum Gasteiger partial charge on any atom is -0.456 e. The van der Waals surface area contributed by atoms with Gasteiger partial charge in [0.15, 0.2) is 0 Å². The second-order valence-corrected chi connectivity index (χ2v) is 5.64. The van der Waals surface area contributed by atoms with E-state index in [0.29, 0.717) is 17.1 Å². The van der Waals surface area contributed by atoms with Gasteiger partial charge < -0.3 is 10.5 Å². The average molecular weight is 351 g/mol. The number of aryl methyl sites for hydroxylation is 1. The Morgan fingerprint density at radius 1 is 1.29 bits per heavy atom. The number of nitro groups is 1. The van der Waals surface area contributed by atoms with E-state index < -0.39 is 4.92 Å². The molecule has 0 spiro atoms. The van der Waals surface area contributed by atoms with Crippen LogP contribution in [0, 0.1) is 17.0 Å². The monoisotopic (exact) mass is 350 g/mol. The van der Waals surface area contributed by atoms with E-state index in [0.717, 1.165) is 10.0 Å². The van der Waals surface area contributed by atoms with Gasteiger partial charge in [0.25, 0.3) is 5.69 Å². The zero-order valence-electron chi connectivity index (χ0n) is 11.7. The Morgan fingerprint density at radius 3 is 2.52 bits per heavy atom. The van der Waals surface area contributed by atoms with Crippen LogP contribution in [0.2, 0.25) is 0 Å². The molecule has 0 radical (unpaired) electrons. The Morgan fingerprint density at radius 2 is 2.00 bits per heavy atom. The van der Waals surface area contributed by atoms with Crippen molar-refractivity contribution in [2.24, 2.45) is 5.73 Å². The summed E-state index contributed by atoms with van der Waals surface area (Å²) < 4.78 is 6.53. The molecule has 0 unspecified atom stereocenters. The first-order chi connectivity index (χ1) is 9.88.